The number of piperidine rings is 1. The zero-order valence-electron chi connectivity index (χ0n) is 17.1. The molecule has 0 N–H and O–H groups in total. The molecule has 29 heavy (non-hydrogen) atoms. The molecule has 0 bridgehead atoms. The molecule has 0 radical (unpaired) electrons. The van der Waals surface area contributed by atoms with Gasteiger partial charge < -0.3 is 14.4 Å². The van der Waals surface area contributed by atoms with Crippen LogP contribution in [0, 0.1) is 5.92 Å². The summed E-state index contributed by atoms with van der Waals surface area (Å²) in [6, 6.07) is 8.07. The van der Waals surface area contributed by atoms with Crippen molar-refractivity contribution in [3.05, 3.63) is 47.0 Å². The number of nitrogens with zero attached hydrogens (tertiary/aromatic N) is 4. The molecule has 1 unspecified atom stereocenters. The van der Waals surface area contributed by atoms with Crippen molar-refractivity contribution in [2.24, 2.45) is 5.92 Å². The SMILES string of the molecule is CC1CCCN(C(=O)c2nc(C(=O)N3CCc4ccccc43)n3c2CCCC3)C1. The first kappa shape index (κ1) is 18.4. The summed E-state index contributed by atoms with van der Waals surface area (Å²) in [7, 11) is 0. The largest absolute Gasteiger partial charge is 0.337 e. The number of carbonyl (C=O) groups is 2. The van der Waals surface area contributed by atoms with Gasteiger partial charge in [-0.2, -0.15) is 0 Å². The first-order chi connectivity index (χ1) is 14.1. The molecular weight excluding hydrogens is 364 g/mol. The van der Waals surface area contributed by atoms with Gasteiger partial charge in [0.2, 0.25) is 5.82 Å². The number of rotatable bonds is 2. The lowest BCUT2D eigenvalue weighted by atomic mass is 9.99. The Morgan fingerprint density at radius 1 is 1.00 bits per heavy atom. The van der Waals surface area contributed by atoms with Crippen molar-refractivity contribution in [3.63, 3.8) is 0 Å². The van der Waals surface area contributed by atoms with Crippen molar-refractivity contribution < 1.29 is 9.59 Å². The molecule has 4 heterocycles. The van der Waals surface area contributed by atoms with E-state index >= 15 is 0 Å². The fraction of sp³-hybridized carbons (Fsp3) is 0.522. The minimum absolute atomic E-state index is 0.00284. The highest BCUT2D eigenvalue weighted by atomic mass is 16.2. The highest BCUT2D eigenvalue weighted by molar-refractivity contribution is 6.06. The molecule has 1 fully saturated rings. The van der Waals surface area contributed by atoms with Gasteiger partial charge in [-0.3, -0.25) is 9.59 Å². The van der Waals surface area contributed by atoms with E-state index in [1.54, 1.807) is 0 Å². The Morgan fingerprint density at radius 3 is 2.72 bits per heavy atom. The molecule has 2 aromatic rings. The van der Waals surface area contributed by atoms with Gasteiger partial charge in [0.05, 0.1) is 5.69 Å². The standard InChI is InChI=1S/C23H28N4O2/c1-16-7-6-12-25(15-16)22(28)20-19-10-4-5-13-26(19)21(24-20)23(29)27-14-11-17-8-2-3-9-18(17)27/h2-3,8-9,16H,4-7,10-15H2,1H3. The van der Waals surface area contributed by atoms with Crippen LogP contribution in [0.4, 0.5) is 5.69 Å². The molecule has 2 amide bonds. The number of para-hydroxylation sites is 1. The van der Waals surface area contributed by atoms with Crippen LogP contribution in [0.1, 0.15) is 65.0 Å². The van der Waals surface area contributed by atoms with Gasteiger partial charge in [-0.05, 0) is 56.1 Å². The number of hydrogen-bond acceptors (Lipinski definition) is 3. The van der Waals surface area contributed by atoms with E-state index in [1.165, 1.54) is 12.0 Å². The number of amides is 2. The van der Waals surface area contributed by atoms with E-state index in [4.69, 9.17) is 0 Å². The van der Waals surface area contributed by atoms with Crippen LogP contribution in [0.2, 0.25) is 0 Å². The van der Waals surface area contributed by atoms with E-state index in [9.17, 15) is 9.59 Å². The highest BCUT2D eigenvalue weighted by Gasteiger charge is 2.34. The molecule has 6 nitrogen and oxygen atoms in total. The summed E-state index contributed by atoms with van der Waals surface area (Å²) in [6.45, 7) is 5.21. The number of carbonyl (C=O) groups excluding carboxylic acids is 2. The lowest BCUT2D eigenvalue weighted by Crippen LogP contribution is -2.39. The maximum absolute atomic E-state index is 13.5. The summed E-state index contributed by atoms with van der Waals surface area (Å²) in [5.41, 5.74) is 3.64. The van der Waals surface area contributed by atoms with Gasteiger partial charge in [0.15, 0.2) is 0 Å². The van der Waals surface area contributed by atoms with Gasteiger partial charge in [0, 0.05) is 31.9 Å². The number of aromatic nitrogens is 2. The maximum Gasteiger partial charge on any atom is 0.294 e. The first-order valence-electron chi connectivity index (χ1n) is 10.9. The molecule has 152 valence electrons. The fourth-order valence-electron chi connectivity index (χ4n) is 5.07. The molecule has 0 saturated carbocycles. The quantitative estimate of drug-likeness (QED) is 0.788. The van der Waals surface area contributed by atoms with Crippen molar-refractivity contribution >= 4 is 17.5 Å². The second-order valence-electron chi connectivity index (χ2n) is 8.67. The van der Waals surface area contributed by atoms with Crippen LogP contribution in [0.5, 0.6) is 0 Å². The third-order valence-electron chi connectivity index (χ3n) is 6.59. The van der Waals surface area contributed by atoms with Crippen LogP contribution in [-0.2, 0) is 19.4 Å². The predicted molar refractivity (Wildman–Crippen MR) is 111 cm³/mol. The minimum atomic E-state index is -0.0795. The lowest BCUT2D eigenvalue weighted by molar-refractivity contribution is 0.0676. The Bertz CT molecular complexity index is 964. The van der Waals surface area contributed by atoms with E-state index in [0.717, 1.165) is 63.1 Å². The van der Waals surface area contributed by atoms with Crippen molar-refractivity contribution in [1.82, 2.24) is 14.5 Å². The Labute approximate surface area is 171 Å². The first-order valence-corrected chi connectivity index (χ1v) is 10.9. The van der Waals surface area contributed by atoms with Gasteiger partial charge in [-0.1, -0.05) is 25.1 Å². The molecule has 5 rings (SSSR count). The number of hydrogen-bond donors (Lipinski definition) is 0. The molecular formula is C23H28N4O2. The number of imidazole rings is 1. The van der Waals surface area contributed by atoms with E-state index in [-0.39, 0.29) is 11.8 Å². The summed E-state index contributed by atoms with van der Waals surface area (Å²) in [6.07, 6.45) is 5.97. The number of fused-ring (bicyclic) bond motifs is 2. The molecule has 3 aliphatic rings. The summed E-state index contributed by atoms with van der Waals surface area (Å²) in [5.74, 6) is 0.880. The summed E-state index contributed by atoms with van der Waals surface area (Å²) in [5, 5.41) is 0. The van der Waals surface area contributed by atoms with Gasteiger partial charge in [0.25, 0.3) is 11.8 Å². The van der Waals surface area contributed by atoms with Gasteiger partial charge in [-0.25, -0.2) is 4.98 Å². The van der Waals surface area contributed by atoms with Crippen LogP contribution in [0.25, 0.3) is 0 Å². The molecule has 1 aromatic carbocycles. The second kappa shape index (κ2) is 7.32. The number of benzene rings is 1. The third-order valence-corrected chi connectivity index (χ3v) is 6.59. The molecule has 6 heteroatoms. The summed E-state index contributed by atoms with van der Waals surface area (Å²) in [4.78, 5) is 35.2. The van der Waals surface area contributed by atoms with Crippen molar-refractivity contribution in [2.75, 3.05) is 24.5 Å². The Kier molecular flexibility index (Phi) is 4.64. The van der Waals surface area contributed by atoms with Crippen LogP contribution >= 0.6 is 0 Å². The topological polar surface area (TPSA) is 58.4 Å². The zero-order valence-corrected chi connectivity index (χ0v) is 17.1. The Balaban J connectivity index is 1.50. The number of likely N-dealkylation sites (tertiary alicyclic amines) is 1. The van der Waals surface area contributed by atoms with Gasteiger partial charge >= 0.3 is 0 Å². The van der Waals surface area contributed by atoms with E-state index < -0.39 is 0 Å². The average Bonchev–Trinajstić information content (AvgIpc) is 3.35. The van der Waals surface area contributed by atoms with Crippen molar-refractivity contribution in [1.29, 1.82) is 0 Å². The van der Waals surface area contributed by atoms with E-state index in [1.807, 2.05) is 32.6 Å². The second-order valence-corrected chi connectivity index (χ2v) is 8.67. The lowest BCUT2D eigenvalue weighted by Gasteiger charge is -2.30. The molecule has 1 aromatic heterocycles. The van der Waals surface area contributed by atoms with Crippen molar-refractivity contribution in [2.45, 2.75) is 52.0 Å². The molecule has 1 atom stereocenters. The molecule has 1 saturated heterocycles. The Hall–Kier alpha value is -2.63. The van der Waals surface area contributed by atoms with Crippen LogP contribution < -0.4 is 4.90 Å². The third kappa shape index (κ3) is 3.15. The normalized spacial score (nSPS) is 21.1. The number of anilines is 1. The van der Waals surface area contributed by atoms with Gasteiger partial charge in [0.1, 0.15) is 5.69 Å². The van der Waals surface area contributed by atoms with Crippen LogP contribution in [-0.4, -0.2) is 45.9 Å². The zero-order chi connectivity index (χ0) is 20.0. The molecule has 0 spiro atoms. The predicted octanol–water partition coefficient (Wildman–Crippen LogP) is 3.29. The maximum atomic E-state index is 13.5. The fourth-order valence-corrected chi connectivity index (χ4v) is 5.07. The minimum Gasteiger partial charge on any atom is -0.337 e. The van der Waals surface area contributed by atoms with Crippen LogP contribution in [0.3, 0.4) is 0 Å². The molecule has 0 aliphatic carbocycles. The van der Waals surface area contributed by atoms with Crippen molar-refractivity contribution in [3.8, 4) is 0 Å². The van der Waals surface area contributed by atoms with Crippen LogP contribution in [0.15, 0.2) is 24.3 Å². The van der Waals surface area contributed by atoms with E-state index in [2.05, 4.69) is 18.0 Å². The van der Waals surface area contributed by atoms with Gasteiger partial charge in [-0.15, -0.1) is 0 Å². The average molecular weight is 393 g/mol. The smallest absolute Gasteiger partial charge is 0.294 e. The summed E-state index contributed by atoms with van der Waals surface area (Å²) >= 11 is 0. The highest BCUT2D eigenvalue weighted by Crippen LogP contribution is 2.30. The van der Waals surface area contributed by atoms with E-state index in [0.29, 0.717) is 24.0 Å². The Morgan fingerprint density at radius 2 is 1.86 bits per heavy atom. The molecule has 3 aliphatic heterocycles. The summed E-state index contributed by atoms with van der Waals surface area (Å²) < 4.78 is 2.02. The monoisotopic (exact) mass is 392 g/mol.